The number of carbonyl (C=O) groups is 1. The van der Waals surface area contributed by atoms with E-state index in [-0.39, 0.29) is 12.5 Å². The average Bonchev–Trinajstić information content (AvgIpc) is 2.34. The molecule has 0 heterocycles. The van der Waals surface area contributed by atoms with Crippen molar-refractivity contribution in [1.29, 1.82) is 5.26 Å². The number of nitriles is 1. The number of aliphatic hydroxyl groups is 1. The Bertz CT molecular complexity index is 459. The molecule has 0 aromatic heterocycles. The number of nitrogens with zero attached hydrogens (tertiary/aromatic N) is 1. The van der Waals surface area contributed by atoms with Crippen LogP contribution in [0.25, 0.3) is 6.08 Å². The zero-order valence-electron chi connectivity index (χ0n) is 9.55. The molecule has 1 aromatic carbocycles. The summed E-state index contributed by atoms with van der Waals surface area (Å²) in [5, 5.41) is 20.2. The van der Waals surface area contributed by atoms with Gasteiger partial charge in [0.1, 0.15) is 0 Å². The van der Waals surface area contributed by atoms with Gasteiger partial charge in [0, 0.05) is 12.6 Å². The fourth-order valence-electron chi connectivity index (χ4n) is 1.19. The fourth-order valence-corrected chi connectivity index (χ4v) is 1.19. The summed E-state index contributed by atoms with van der Waals surface area (Å²) in [6.45, 7) is 1.82. The lowest BCUT2D eigenvalue weighted by atomic mass is 10.1. The van der Waals surface area contributed by atoms with E-state index in [0.717, 1.165) is 5.56 Å². The number of benzene rings is 1. The molecule has 1 amide bonds. The molecule has 0 fully saturated rings. The second kappa shape index (κ2) is 6.46. The molecule has 1 atom stereocenters. The smallest absolute Gasteiger partial charge is 0.244 e. The molecule has 1 unspecified atom stereocenters. The van der Waals surface area contributed by atoms with E-state index in [0.29, 0.717) is 5.56 Å². The lowest BCUT2D eigenvalue weighted by Gasteiger charge is -2.03. The average molecular weight is 230 g/mol. The maximum atomic E-state index is 11.3. The van der Waals surface area contributed by atoms with Crippen molar-refractivity contribution in [3.8, 4) is 6.07 Å². The summed E-state index contributed by atoms with van der Waals surface area (Å²) in [6, 6.07) is 8.98. The lowest BCUT2D eigenvalue weighted by Crippen LogP contribution is -2.28. The third-order valence-corrected chi connectivity index (χ3v) is 2.01. The number of hydrogen-bond acceptors (Lipinski definition) is 3. The van der Waals surface area contributed by atoms with E-state index in [1.54, 1.807) is 37.3 Å². The van der Waals surface area contributed by atoms with Gasteiger partial charge >= 0.3 is 0 Å². The summed E-state index contributed by atoms with van der Waals surface area (Å²) < 4.78 is 0. The highest BCUT2D eigenvalue weighted by molar-refractivity contribution is 5.91. The summed E-state index contributed by atoms with van der Waals surface area (Å²) in [4.78, 5) is 11.3. The molecule has 0 saturated heterocycles. The normalized spacial score (nSPS) is 12.1. The Morgan fingerprint density at radius 2 is 2.41 bits per heavy atom. The lowest BCUT2D eigenvalue weighted by molar-refractivity contribution is -0.116. The van der Waals surface area contributed by atoms with Gasteiger partial charge in [-0.25, -0.2) is 0 Å². The number of hydrogen-bond donors (Lipinski definition) is 2. The Morgan fingerprint density at radius 1 is 1.65 bits per heavy atom. The molecule has 2 N–H and O–H groups in total. The number of carbonyl (C=O) groups excluding carboxylic acids is 1. The largest absolute Gasteiger partial charge is 0.392 e. The number of aliphatic hydroxyl groups excluding tert-OH is 1. The van der Waals surface area contributed by atoms with Crippen LogP contribution in [-0.2, 0) is 4.79 Å². The van der Waals surface area contributed by atoms with Crippen molar-refractivity contribution >= 4 is 12.0 Å². The molecule has 0 saturated carbocycles. The van der Waals surface area contributed by atoms with Crippen molar-refractivity contribution in [2.24, 2.45) is 0 Å². The van der Waals surface area contributed by atoms with Crippen LogP contribution in [0.3, 0.4) is 0 Å². The first kappa shape index (κ1) is 12.9. The predicted octanol–water partition coefficient (Wildman–Crippen LogP) is 1.07. The second-order valence-corrected chi connectivity index (χ2v) is 3.66. The van der Waals surface area contributed by atoms with Crippen LogP contribution in [0, 0.1) is 11.3 Å². The van der Waals surface area contributed by atoms with Crippen LogP contribution in [-0.4, -0.2) is 23.7 Å². The van der Waals surface area contributed by atoms with E-state index in [1.165, 1.54) is 6.08 Å². The van der Waals surface area contributed by atoms with Gasteiger partial charge in [-0.1, -0.05) is 12.1 Å². The summed E-state index contributed by atoms with van der Waals surface area (Å²) in [7, 11) is 0. The van der Waals surface area contributed by atoms with Crippen LogP contribution in [0.5, 0.6) is 0 Å². The third kappa shape index (κ3) is 4.96. The molecule has 4 nitrogen and oxygen atoms in total. The van der Waals surface area contributed by atoms with Crippen molar-refractivity contribution in [1.82, 2.24) is 5.32 Å². The summed E-state index contributed by atoms with van der Waals surface area (Å²) in [5.41, 5.74) is 1.34. The van der Waals surface area contributed by atoms with Crippen LogP contribution in [0.1, 0.15) is 18.1 Å². The van der Waals surface area contributed by atoms with E-state index in [2.05, 4.69) is 5.32 Å². The van der Waals surface area contributed by atoms with E-state index in [4.69, 9.17) is 10.4 Å². The Morgan fingerprint density at radius 3 is 3.06 bits per heavy atom. The Hall–Kier alpha value is -2.12. The van der Waals surface area contributed by atoms with Crippen molar-refractivity contribution in [2.45, 2.75) is 13.0 Å². The van der Waals surface area contributed by atoms with Crippen molar-refractivity contribution < 1.29 is 9.90 Å². The topological polar surface area (TPSA) is 73.1 Å². The molecule has 17 heavy (non-hydrogen) atoms. The summed E-state index contributed by atoms with van der Waals surface area (Å²) in [6.07, 6.45) is 2.44. The quantitative estimate of drug-likeness (QED) is 0.760. The van der Waals surface area contributed by atoms with Gasteiger partial charge in [-0.05, 0) is 30.7 Å². The highest BCUT2D eigenvalue weighted by Crippen LogP contribution is 2.05. The molecule has 0 spiro atoms. The van der Waals surface area contributed by atoms with Crippen LogP contribution >= 0.6 is 0 Å². The van der Waals surface area contributed by atoms with Crippen molar-refractivity contribution in [2.75, 3.05) is 6.54 Å². The molecule has 4 heteroatoms. The summed E-state index contributed by atoms with van der Waals surface area (Å²) in [5.74, 6) is -0.270. The van der Waals surface area contributed by atoms with Crippen molar-refractivity contribution in [3.63, 3.8) is 0 Å². The minimum absolute atomic E-state index is 0.224. The Kier molecular flexibility index (Phi) is 4.92. The first-order chi connectivity index (χ1) is 8.11. The van der Waals surface area contributed by atoms with Crippen LogP contribution < -0.4 is 5.32 Å². The molecule has 0 aliphatic heterocycles. The highest BCUT2D eigenvalue weighted by Gasteiger charge is 1.98. The third-order valence-electron chi connectivity index (χ3n) is 2.01. The van der Waals surface area contributed by atoms with Gasteiger partial charge in [0.2, 0.25) is 5.91 Å². The molecular weight excluding hydrogens is 216 g/mol. The van der Waals surface area contributed by atoms with E-state index >= 15 is 0 Å². The van der Waals surface area contributed by atoms with E-state index < -0.39 is 6.10 Å². The van der Waals surface area contributed by atoms with Crippen LogP contribution in [0.2, 0.25) is 0 Å². The van der Waals surface area contributed by atoms with Gasteiger partial charge in [0.05, 0.1) is 17.7 Å². The molecule has 0 aliphatic rings. The van der Waals surface area contributed by atoms with Gasteiger partial charge in [-0.2, -0.15) is 5.26 Å². The molecule has 1 rings (SSSR count). The molecule has 0 radical (unpaired) electrons. The standard InChI is InChI=1S/C13H14N2O2/c1-10(16)9-15-13(17)6-5-11-3-2-4-12(7-11)8-14/h2-7,10,16H,9H2,1H3,(H,15,17)/b6-5+. The van der Waals surface area contributed by atoms with E-state index in [1.807, 2.05) is 6.07 Å². The molecule has 1 aromatic rings. The number of amides is 1. The minimum atomic E-state index is -0.561. The summed E-state index contributed by atoms with van der Waals surface area (Å²) >= 11 is 0. The zero-order chi connectivity index (χ0) is 12.7. The SMILES string of the molecule is CC(O)CNC(=O)/C=C/c1cccc(C#N)c1. The first-order valence-corrected chi connectivity index (χ1v) is 5.26. The van der Waals surface area contributed by atoms with Crippen LogP contribution in [0.15, 0.2) is 30.3 Å². The maximum absolute atomic E-state index is 11.3. The first-order valence-electron chi connectivity index (χ1n) is 5.26. The fraction of sp³-hybridized carbons (Fsp3) is 0.231. The van der Waals surface area contributed by atoms with Gasteiger partial charge in [0.15, 0.2) is 0 Å². The van der Waals surface area contributed by atoms with E-state index in [9.17, 15) is 4.79 Å². The molecule has 0 aliphatic carbocycles. The molecule has 0 bridgehead atoms. The Labute approximate surface area is 100 Å². The van der Waals surface area contributed by atoms with Gasteiger partial charge in [-0.3, -0.25) is 4.79 Å². The zero-order valence-corrected chi connectivity index (χ0v) is 9.55. The molecular formula is C13H14N2O2. The van der Waals surface area contributed by atoms with Gasteiger partial charge < -0.3 is 10.4 Å². The number of nitrogens with one attached hydrogen (secondary N) is 1. The molecule has 88 valence electrons. The van der Waals surface area contributed by atoms with Gasteiger partial charge in [-0.15, -0.1) is 0 Å². The van der Waals surface area contributed by atoms with Gasteiger partial charge in [0.25, 0.3) is 0 Å². The second-order valence-electron chi connectivity index (χ2n) is 3.66. The van der Waals surface area contributed by atoms with Crippen molar-refractivity contribution in [3.05, 3.63) is 41.5 Å². The minimum Gasteiger partial charge on any atom is -0.392 e. The van der Waals surface area contributed by atoms with Crippen LogP contribution in [0.4, 0.5) is 0 Å². The number of rotatable bonds is 4. The highest BCUT2D eigenvalue weighted by atomic mass is 16.3. The predicted molar refractivity (Wildman–Crippen MR) is 64.9 cm³/mol. The monoisotopic (exact) mass is 230 g/mol. The maximum Gasteiger partial charge on any atom is 0.244 e. The Balaban J connectivity index is 2.58.